The monoisotopic (exact) mass is 314 g/mol. The first kappa shape index (κ1) is 15.6. The van der Waals surface area contributed by atoms with Gasteiger partial charge >= 0.3 is 0 Å². The molecule has 0 aromatic heterocycles. The zero-order valence-corrected chi connectivity index (χ0v) is 12.9. The number of benzene rings is 1. The van der Waals surface area contributed by atoms with Crippen molar-refractivity contribution in [2.75, 3.05) is 20.1 Å². The first-order valence-electron chi connectivity index (χ1n) is 6.20. The normalized spacial score (nSPS) is 13.9. The number of rotatable bonds is 6. The fraction of sp³-hybridized carbons (Fsp3) is 0.571. The molecule has 3 N–H and O–H groups in total. The zero-order valence-electron chi connectivity index (χ0n) is 11.4. The summed E-state index contributed by atoms with van der Waals surface area (Å²) in [7, 11) is 2.01. The van der Waals surface area contributed by atoms with E-state index in [9.17, 15) is 5.11 Å². The summed E-state index contributed by atoms with van der Waals surface area (Å²) in [6.07, 6.45) is 0.878. The molecular formula is C14H23BrN2O. The van der Waals surface area contributed by atoms with Crippen LogP contribution >= 0.6 is 15.9 Å². The summed E-state index contributed by atoms with van der Waals surface area (Å²) in [5, 5.41) is 9.73. The molecule has 0 aliphatic carbocycles. The van der Waals surface area contributed by atoms with Crippen LogP contribution < -0.4 is 5.73 Å². The number of likely N-dealkylation sites (N-methyl/N-ethyl adjacent to an activating group) is 1. The van der Waals surface area contributed by atoms with Crippen LogP contribution in [0.2, 0.25) is 0 Å². The van der Waals surface area contributed by atoms with E-state index < -0.39 is 5.60 Å². The largest absolute Gasteiger partial charge is 0.389 e. The SMILES string of the molecule is CN(CCC(N)c1cccc(Br)c1)CC(C)(C)O. The summed E-state index contributed by atoms with van der Waals surface area (Å²) in [4.78, 5) is 2.11. The molecule has 0 amide bonds. The van der Waals surface area contributed by atoms with Crippen LogP contribution in [0.15, 0.2) is 28.7 Å². The van der Waals surface area contributed by atoms with Crippen LogP contribution in [0.1, 0.15) is 31.9 Å². The second-order valence-corrected chi connectivity index (χ2v) is 6.42. The van der Waals surface area contributed by atoms with Gasteiger partial charge in [-0.1, -0.05) is 28.1 Å². The van der Waals surface area contributed by atoms with E-state index in [1.165, 1.54) is 0 Å². The van der Waals surface area contributed by atoms with Crippen molar-refractivity contribution in [2.45, 2.75) is 31.9 Å². The number of nitrogens with two attached hydrogens (primary N) is 1. The Hall–Kier alpha value is -0.420. The van der Waals surface area contributed by atoms with Crippen molar-refractivity contribution in [3.8, 4) is 0 Å². The van der Waals surface area contributed by atoms with Gasteiger partial charge in [0, 0.05) is 17.1 Å². The smallest absolute Gasteiger partial charge is 0.0718 e. The molecule has 0 radical (unpaired) electrons. The molecule has 0 heterocycles. The topological polar surface area (TPSA) is 49.5 Å². The van der Waals surface area contributed by atoms with Gasteiger partial charge in [0.2, 0.25) is 0 Å². The van der Waals surface area contributed by atoms with Gasteiger partial charge in [0.25, 0.3) is 0 Å². The molecule has 1 rings (SSSR count). The van der Waals surface area contributed by atoms with Gasteiger partial charge in [-0.2, -0.15) is 0 Å². The predicted molar refractivity (Wildman–Crippen MR) is 79.5 cm³/mol. The van der Waals surface area contributed by atoms with Crippen molar-refractivity contribution >= 4 is 15.9 Å². The summed E-state index contributed by atoms with van der Waals surface area (Å²) >= 11 is 3.45. The maximum absolute atomic E-state index is 9.73. The Morgan fingerprint density at radius 1 is 1.44 bits per heavy atom. The molecule has 3 nitrogen and oxygen atoms in total. The average Bonchev–Trinajstić information content (AvgIpc) is 2.23. The first-order valence-corrected chi connectivity index (χ1v) is 6.99. The van der Waals surface area contributed by atoms with Crippen LogP contribution in [0.25, 0.3) is 0 Å². The Bertz CT molecular complexity index is 376. The number of hydrogen-bond acceptors (Lipinski definition) is 3. The van der Waals surface area contributed by atoms with Gasteiger partial charge in [-0.15, -0.1) is 0 Å². The van der Waals surface area contributed by atoms with Crippen LogP contribution in [-0.2, 0) is 0 Å². The van der Waals surface area contributed by atoms with Crippen LogP contribution in [-0.4, -0.2) is 35.7 Å². The molecule has 0 spiro atoms. The third-order valence-electron chi connectivity index (χ3n) is 2.76. The third-order valence-corrected chi connectivity index (χ3v) is 3.25. The lowest BCUT2D eigenvalue weighted by Crippen LogP contribution is -2.37. The average molecular weight is 315 g/mol. The van der Waals surface area contributed by atoms with E-state index >= 15 is 0 Å². The van der Waals surface area contributed by atoms with E-state index in [0.29, 0.717) is 6.54 Å². The van der Waals surface area contributed by atoms with Crippen molar-refractivity contribution in [3.63, 3.8) is 0 Å². The number of hydrogen-bond donors (Lipinski definition) is 2. The van der Waals surface area contributed by atoms with Crippen molar-refractivity contribution in [1.29, 1.82) is 0 Å². The van der Waals surface area contributed by atoms with E-state index in [2.05, 4.69) is 26.9 Å². The maximum atomic E-state index is 9.73. The highest BCUT2D eigenvalue weighted by atomic mass is 79.9. The predicted octanol–water partition coefficient (Wildman–Crippen LogP) is 2.54. The lowest BCUT2D eigenvalue weighted by atomic mass is 10.0. The molecular weight excluding hydrogens is 292 g/mol. The first-order chi connectivity index (χ1) is 8.28. The number of halogens is 1. The van der Waals surface area contributed by atoms with Gasteiger partial charge in [-0.3, -0.25) is 0 Å². The highest BCUT2D eigenvalue weighted by Gasteiger charge is 2.16. The van der Waals surface area contributed by atoms with E-state index in [1.807, 2.05) is 39.1 Å². The highest BCUT2D eigenvalue weighted by molar-refractivity contribution is 9.10. The Morgan fingerprint density at radius 3 is 2.67 bits per heavy atom. The summed E-state index contributed by atoms with van der Waals surface area (Å²) in [6.45, 7) is 5.16. The summed E-state index contributed by atoms with van der Waals surface area (Å²) in [6, 6.07) is 8.13. The van der Waals surface area contributed by atoms with E-state index in [1.54, 1.807) is 0 Å². The van der Waals surface area contributed by atoms with Crippen molar-refractivity contribution in [2.24, 2.45) is 5.73 Å². The van der Waals surface area contributed by atoms with E-state index in [0.717, 1.165) is 23.0 Å². The standard InChI is InChI=1S/C14H23BrN2O/c1-14(2,18)10-17(3)8-7-13(16)11-5-4-6-12(15)9-11/h4-6,9,13,18H,7-8,10,16H2,1-3H3. The molecule has 4 heteroatoms. The fourth-order valence-corrected chi connectivity index (χ4v) is 2.42. The molecule has 0 aliphatic rings. The lowest BCUT2D eigenvalue weighted by Gasteiger charge is -2.26. The molecule has 18 heavy (non-hydrogen) atoms. The Kier molecular flexibility index (Phi) is 5.79. The summed E-state index contributed by atoms with van der Waals surface area (Å²) in [5.41, 5.74) is 6.65. The minimum atomic E-state index is -0.658. The maximum Gasteiger partial charge on any atom is 0.0718 e. The Balaban J connectivity index is 2.44. The van der Waals surface area contributed by atoms with Gasteiger partial charge in [0.1, 0.15) is 0 Å². The van der Waals surface area contributed by atoms with Crippen molar-refractivity contribution in [3.05, 3.63) is 34.3 Å². The second kappa shape index (κ2) is 6.66. The van der Waals surface area contributed by atoms with Crippen LogP contribution in [0, 0.1) is 0 Å². The molecule has 102 valence electrons. The zero-order chi connectivity index (χ0) is 13.8. The third kappa shape index (κ3) is 5.96. The van der Waals surface area contributed by atoms with Gasteiger partial charge in [-0.05, 0) is 51.6 Å². The number of aliphatic hydroxyl groups is 1. The van der Waals surface area contributed by atoms with Crippen LogP contribution in [0.4, 0.5) is 0 Å². The number of nitrogens with zero attached hydrogens (tertiary/aromatic N) is 1. The minimum absolute atomic E-state index is 0.0340. The lowest BCUT2D eigenvalue weighted by molar-refractivity contribution is 0.0438. The van der Waals surface area contributed by atoms with Crippen LogP contribution in [0.3, 0.4) is 0 Å². The molecule has 0 aliphatic heterocycles. The quantitative estimate of drug-likeness (QED) is 0.848. The van der Waals surface area contributed by atoms with Crippen molar-refractivity contribution in [1.82, 2.24) is 4.90 Å². The minimum Gasteiger partial charge on any atom is -0.389 e. The van der Waals surface area contributed by atoms with Gasteiger partial charge in [0.15, 0.2) is 0 Å². The second-order valence-electron chi connectivity index (χ2n) is 5.50. The van der Waals surface area contributed by atoms with E-state index in [4.69, 9.17) is 5.73 Å². The van der Waals surface area contributed by atoms with Gasteiger partial charge in [-0.25, -0.2) is 0 Å². The van der Waals surface area contributed by atoms with Crippen molar-refractivity contribution < 1.29 is 5.11 Å². The molecule has 1 aromatic rings. The molecule has 0 saturated heterocycles. The summed E-state index contributed by atoms with van der Waals surface area (Å²) in [5.74, 6) is 0. The molecule has 0 saturated carbocycles. The van der Waals surface area contributed by atoms with E-state index in [-0.39, 0.29) is 6.04 Å². The highest BCUT2D eigenvalue weighted by Crippen LogP contribution is 2.19. The van der Waals surface area contributed by atoms with Crippen LogP contribution in [0.5, 0.6) is 0 Å². The molecule has 0 bridgehead atoms. The summed E-state index contributed by atoms with van der Waals surface area (Å²) < 4.78 is 1.06. The van der Waals surface area contributed by atoms with Gasteiger partial charge in [0.05, 0.1) is 5.60 Å². The Labute approximate surface area is 118 Å². The molecule has 1 aromatic carbocycles. The Morgan fingerprint density at radius 2 is 2.11 bits per heavy atom. The molecule has 0 fully saturated rings. The fourth-order valence-electron chi connectivity index (χ4n) is 2.00. The molecule has 1 unspecified atom stereocenters. The van der Waals surface area contributed by atoms with Gasteiger partial charge < -0.3 is 15.7 Å². The molecule has 1 atom stereocenters.